The fourth-order valence-electron chi connectivity index (χ4n) is 1.64. The average molecular weight is 293 g/mol. The van der Waals surface area contributed by atoms with Gasteiger partial charge in [0.2, 0.25) is 0 Å². The van der Waals surface area contributed by atoms with Crippen LogP contribution in [0, 0.1) is 17.7 Å². The van der Waals surface area contributed by atoms with Crippen molar-refractivity contribution in [3.05, 3.63) is 65.5 Å². The van der Waals surface area contributed by atoms with E-state index in [1.807, 2.05) is 18.2 Å². The standard InChI is InChI=1S/C16H11F4N/c17-14-9-8-13(16(18,19)20)11-15(14)21-10-4-7-12-5-2-1-3-6-12/h1-3,5-6,8-9,11,21H,10H2. The minimum Gasteiger partial charge on any atom is -0.372 e. The van der Waals surface area contributed by atoms with E-state index in [2.05, 4.69) is 17.2 Å². The van der Waals surface area contributed by atoms with Crippen molar-refractivity contribution >= 4 is 5.69 Å². The number of hydrogen-bond acceptors (Lipinski definition) is 1. The minimum absolute atomic E-state index is 0.0487. The Morgan fingerprint density at radius 3 is 2.38 bits per heavy atom. The molecule has 0 aliphatic heterocycles. The van der Waals surface area contributed by atoms with Crippen molar-refractivity contribution in [3.8, 4) is 11.8 Å². The van der Waals surface area contributed by atoms with Crippen molar-refractivity contribution in [2.45, 2.75) is 6.18 Å². The van der Waals surface area contributed by atoms with E-state index in [9.17, 15) is 17.6 Å². The van der Waals surface area contributed by atoms with Crippen LogP contribution >= 0.6 is 0 Å². The van der Waals surface area contributed by atoms with Crippen LogP contribution in [0.2, 0.25) is 0 Å². The second-order valence-electron chi connectivity index (χ2n) is 4.21. The van der Waals surface area contributed by atoms with Crippen LogP contribution in [0.4, 0.5) is 23.2 Å². The van der Waals surface area contributed by atoms with Crippen LogP contribution in [-0.2, 0) is 6.18 Å². The Labute approximate surface area is 119 Å². The summed E-state index contributed by atoms with van der Waals surface area (Å²) >= 11 is 0. The third-order valence-corrected chi connectivity index (χ3v) is 2.67. The predicted molar refractivity (Wildman–Crippen MR) is 73.2 cm³/mol. The highest BCUT2D eigenvalue weighted by Gasteiger charge is 2.31. The molecule has 0 amide bonds. The van der Waals surface area contributed by atoms with Crippen LogP contribution in [0.1, 0.15) is 11.1 Å². The molecule has 1 N–H and O–H groups in total. The number of rotatable bonds is 2. The zero-order valence-corrected chi connectivity index (χ0v) is 10.8. The maximum absolute atomic E-state index is 13.4. The lowest BCUT2D eigenvalue weighted by Crippen LogP contribution is -2.08. The summed E-state index contributed by atoms with van der Waals surface area (Å²) in [5.74, 6) is 4.80. The Morgan fingerprint density at radius 1 is 1.00 bits per heavy atom. The van der Waals surface area contributed by atoms with Gasteiger partial charge in [0.1, 0.15) is 5.82 Å². The Hall–Kier alpha value is -2.48. The molecule has 1 nitrogen and oxygen atoms in total. The normalized spacial score (nSPS) is 10.7. The van der Waals surface area contributed by atoms with Gasteiger partial charge < -0.3 is 5.32 Å². The lowest BCUT2D eigenvalue weighted by atomic mass is 10.2. The van der Waals surface area contributed by atoms with E-state index in [-0.39, 0.29) is 12.2 Å². The highest BCUT2D eigenvalue weighted by atomic mass is 19.4. The first-order chi connectivity index (χ1) is 9.97. The first-order valence-corrected chi connectivity index (χ1v) is 6.11. The number of alkyl halides is 3. The lowest BCUT2D eigenvalue weighted by molar-refractivity contribution is -0.137. The maximum atomic E-state index is 13.4. The van der Waals surface area contributed by atoms with Gasteiger partial charge in [-0.25, -0.2) is 4.39 Å². The van der Waals surface area contributed by atoms with Crippen molar-refractivity contribution in [3.63, 3.8) is 0 Å². The van der Waals surface area contributed by atoms with Crippen LogP contribution in [-0.4, -0.2) is 6.54 Å². The molecule has 108 valence electrons. The van der Waals surface area contributed by atoms with Gasteiger partial charge in [-0.05, 0) is 30.3 Å². The van der Waals surface area contributed by atoms with Crippen LogP contribution in [0.25, 0.3) is 0 Å². The van der Waals surface area contributed by atoms with Crippen molar-refractivity contribution in [2.75, 3.05) is 11.9 Å². The summed E-state index contributed by atoms with van der Waals surface area (Å²) in [6, 6.07) is 11.3. The Morgan fingerprint density at radius 2 is 1.71 bits per heavy atom. The summed E-state index contributed by atoms with van der Waals surface area (Å²) < 4.78 is 51.0. The fraction of sp³-hybridized carbons (Fsp3) is 0.125. The Balaban J connectivity index is 2.05. The van der Waals surface area contributed by atoms with Crippen molar-refractivity contribution in [1.82, 2.24) is 0 Å². The van der Waals surface area contributed by atoms with Gasteiger partial charge in [-0.3, -0.25) is 0 Å². The van der Waals surface area contributed by atoms with E-state index < -0.39 is 17.6 Å². The SMILES string of the molecule is Fc1ccc(C(F)(F)F)cc1NCC#Cc1ccccc1. The van der Waals surface area contributed by atoms with Crippen molar-refractivity contribution in [1.29, 1.82) is 0 Å². The van der Waals surface area contributed by atoms with Crippen molar-refractivity contribution < 1.29 is 17.6 Å². The summed E-state index contributed by atoms with van der Waals surface area (Å²) in [4.78, 5) is 0. The average Bonchev–Trinajstić information content (AvgIpc) is 2.45. The van der Waals surface area contributed by atoms with Gasteiger partial charge in [0.05, 0.1) is 17.8 Å². The summed E-state index contributed by atoms with van der Waals surface area (Å²) in [5.41, 5.74) is -0.335. The zero-order chi connectivity index (χ0) is 15.3. The molecule has 0 spiro atoms. The van der Waals surface area contributed by atoms with E-state index in [0.717, 1.165) is 17.7 Å². The predicted octanol–water partition coefficient (Wildman–Crippen LogP) is 4.31. The molecule has 0 atom stereocenters. The number of hydrogen-bond donors (Lipinski definition) is 1. The molecule has 5 heteroatoms. The second kappa shape index (κ2) is 6.31. The monoisotopic (exact) mass is 293 g/mol. The fourth-order valence-corrected chi connectivity index (χ4v) is 1.64. The highest BCUT2D eigenvalue weighted by Crippen LogP contribution is 2.31. The van der Waals surface area contributed by atoms with Gasteiger partial charge in [0, 0.05) is 5.56 Å². The molecular weight excluding hydrogens is 282 g/mol. The van der Waals surface area contributed by atoms with Crippen LogP contribution in [0.5, 0.6) is 0 Å². The first kappa shape index (κ1) is 14.9. The molecule has 2 aromatic rings. The lowest BCUT2D eigenvalue weighted by Gasteiger charge is -2.10. The van der Waals surface area contributed by atoms with E-state index in [4.69, 9.17) is 0 Å². The Bertz CT molecular complexity index is 666. The summed E-state index contributed by atoms with van der Waals surface area (Å²) in [6.45, 7) is 0.0487. The van der Waals surface area contributed by atoms with Crippen LogP contribution in [0.15, 0.2) is 48.5 Å². The molecule has 2 rings (SSSR count). The molecule has 0 aromatic heterocycles. The van der Waals surface area contributed by atoms with E-state index in [1.54, 1.807) is 12.1 Å². The molecule has 0 unspecified atom stereocenters. The van der Waals surface area contributed by atoms with Gasteiger partial charge in [-0.1, -0.05) is 30.0 Å². The zero-order valence-electron chi connectivity index (χ0n) is 10.8. The third kappa shape index (κ3) is 4.25. The summed E-state index contributed by atoms with van der Waals surface area (Å²) in [5, 5.41) is 2.55. The molecule has 0 aliphatic carbocycles. The molecule has 2 aromatic carbocycles. The van der Waals surface area contributed by atoms with Gasteiger partial charge in [0.15, 0.2) is 0 Å². The van der Waals surface area contributed by atoms with Gasteiger partial charge >= 0.3 is 6.18 Å². The third-order valence-electron chi connectivity index (χ3n) is 2.67. The highest BCUT2D eigenvalue weighted by molar-refractivity contribution is 5.49. The number of benzene rings is 2. The molecule has 0 saturated carbocycles. The van der Waals surface area contributed by atoms with E-state index >= 15 is 0 Å². The molecule has 0 aliphatic rings. The number of nitrogens with one attached hydrogen (secondary N) is 1. The minimum atomic E-state index is -4.50. The molecule has 21 heavy (non-hydrogen) atoms. The van der Waals surface area contributed by atoms with E-state index in [1.165, 1.54) is 0 Å². The maximum Gasteiger partial charge on any atom is 0.416 e. The smallest absolute Gasteiger partial charge is 0.372 e. The van der Waals surface area contributed by atoms with Gasteiger partial charge in [-0.2, -0.15) is 13.2 Å². The number of anilines is 1. The summed E-state index contributed by atoms with van der Waals surface area (Å²) in [7, 11) is 0. The molecule has 0 fully saturated rings. The first-order valence-electron chi connectivity index (χ1n) is 6.11. The van der Waals surface area contributed by atoms with Crippen LogP contribution in [0.3, 0.4) is 0 Å². The quantitative estimate of drug-likeness (QED) is 0.642. The molecule has 0 heterocycles. The molecule has 0 bridgehead atoms. The molecule has 0 saturated heterocycles. The van der Waals surface area contributed by atoms with Crippen molar-refractivity contribution in [2.24, 2.45) is 0 Å². The largest absolute Gasteiger partial charge is 0.416 e. The summed E-state index contributed by atoms with van der Waals surface area (Å²) in [6.07, 6.45) is -4.50. The second-order valence-corrected chi connectivity index (χ2v) is 4.21. The Kier molecular flexibility index (Phi) is 4.49. The number of halogens is 4. The van der Waals surface area contributed by atoms with Gasteiger partial charge in [0.25, 0.3) is 0 Å². The van der Waals surface area contributed by atoms with E-state index in [0.29, 0.717) is 6.07 Å². The molecule has 0 radical (unpaired) electrons. The van der Waals surface area contributed by atoms with Gasteiger partial charge in [-0.15, -0.1) is 0 Å². The molecular formula is C16H11F4N. The van der Waals surface area contributed by atoms with Crippen LogP contribution < -0.4 is 5.32 Å². The topological polar surface area (TPSA) is 12.0 Å².